The van der Waals surface area contributed by atoms with Gasteiger partial charge in [-0.15, -0.1) is 5.12 Å². The Hall–Kier alpha value is -3.00. The van der Waals surface area contributed by atoms with Crippen LogP contribution >= 0.6 is 11.6 Å². The number of halogens is 1. The number of hydrazone groups is 1. The summed E-state index contributed by atoms with van der Waals surface area (Å²) in [7, 11) is 0. The van der Waals surface area contributed by atoms with Crippen LogP contribution in [-0.2, 0) is 9.63 Å². The maximum Gasteiger partial charge on any atom is 0.332 e. The highest BCUT2D eigenvalue weighted by atomic mass is 35.5. The number of carbonyl (C=O) groups is 1. The quantitative estimate of drug-likeness (QED) is 0.507. The van der Waals surface area contributed by atoms with Gasteiger partial charge in [-0.05, 0) is 36.4 Å². The van der Waals surface area contributed by atoms with Gasteiger partial charge >= 0.3 is 5.97 Å². The molecule has 3 N–H and O–H groups in total. The zero-order chi connectivity index (χ0) is 17.0. The summed E-state index contributed by atoms with van der Waals surface area (Å²) in [5.41, 5.74) is 6.24. The normalized spacial score (nSPS) is 10.0. The first-order valence-electron chi connectivity index (χ1n) is 6.46. The van der Waals surface area contributed by atoms with Crippen LogP contribution in [0.15, 0.2) is 47.7 Å². The van der Waals surface area contributed by atoms with Gasteiger partial charge in [-0.25, -0.2) is 4.79 Å². The molecule has 0 radical (unpaired) electrons. The van der Waals surface area contributed by atoms with E-state index in [1.807, 2.05) is 0 Å². The molecule has 23 heavy (non-hydrogen) atoms. The van der Waals surface area contributed by atoms with Gasteiger partial charge in [0.2, 0.25) is 5.96 Å². The first-order chi connectivity index (χ1) is 10.9. The first kappa shape index (κ1) is 16.4. The Morgan fingerprint density at radius 2 is 2.04 bits per heavy atom. The van der Waals surface area contributed by atoms with Gasteiger partial charge < -0.3 is 15.1 Å². The Balaban J connectivity index is 2.44. The standard InChI is InChI=1S/C14H15ClN6O2/c1-10(22)23-21(14(16)17)20(18-2)13-4-3-9-19(13)12-7-5-11(15)6-8-12/h3-9H,2H2,1H3,(H3,16,17). The fourth-order valence-corrected chi connectivity index (χ4v) is 2.02. The number of carbonyl (C=O) groups excluding carboxylic acids is 1. The van der Waals surface area contributed by atoms with Crippen molar-refractivity contribution in [3.05, 3.63) is 47.6 Å². The number of hydroxylamine groups is 1. The maximum atomic E-state index is 11.2. The lowest BCUT2D eigenvalue weighted by molar-refractivity contribution is -0.172. The van der Waals surface area contributed by atoms with Crippen LogP contribution in [-0.4, -0.2) is 28.4 Å². The van der Waals surface area contributed by atoms with Crippen molar-refractivity contribution in [3.8, 4) is 5.69 Å². The Morgan fingerprint density at radius 3 is 2.57 bits per heavy atom. The zero-order valence-corrected chi connectivity index (χ0v) is 13.1. The van der Waals surface area contributed by atoms with E-state index in [0.29, 0.717) is 10.8 Å². The molecule has 0 unspecified atom stereocenters. The summed E-state index contributed by atoms with van der Waals surface area (Å²) in [5.74, 6) is -0.728. The highest BCUT2D eigenvalue weighted by Crippen LogP contribution is 2.24. The number of anilines is 1. The SMILES string of the molecule is C=NN(c1cccn1-c1ccc(Cl)cc1)N(OC(C)=O)C(=N)N. The van der Waals surface area contributed by atoms with Crippen molar-refractivity contribution < 1.29 is 9.63 Å². The van der Waals surface area contributed by atoms with E-state index in [0.717, 1.165) is 16.0 Å². The van der Waals surface area contributed by atoms with Gasteiger partial charge in [0, 0.05) is 30.5 Å². The third-order valence-electron chi connectivity index (χ3n) is 2.76. The number of hydrogen-bond acceptors (Lipinski definition) is 5. The number of aromatic nitrogens is 1. The molecule has 0 amide bonds. The van der Waals surface area contributed by atoms with Crippen molar-refractivity contribution in [1.29, 1.82) is 5.41 Å². The van der Waals surface area contributed by atoms with E-state index in [2.05, 4.69) is 11.8 Å². The summed E-state index contributed by atoms with van der Waals surface area (Å²) in [6.45, 7) is 4.62. The van der Waals surface area contributed by atoms with Crippen LogP contribution in [0.25, 0.3) is 5.69 Å². The fourth-order valence-electron chi connectivity index (χ4n) is 1.89. The third-order valence-corrected chi connectivity index (χ3v) is 3.02. The fraction of sp³-hybridized carbons (Fsp3) is 0.0714. The molecule has 0 aliphatic rings. The molecule has 2 rings (SSSR count). The van der Waals surface area contributed by atoms with Crippen molar-refractivity contribution in [2.45, 2.75) is 6.92 Å². The van der Waals surface area contributed by atoms with Crippen LogP contribution in [0.5, 0.6) is 0 Å². The Morgan fingerprint density at radius 1 is 1.39 bits per heavy atom. The molecule has 0 saturated carbocycles. The minimum atomic E-state index is -0.654. The molecule has 0 spiro atoms. The molecule has 0 saturated heterocycles. The maximum absolute atomic E-state index is 11.2. The molecule has 0 aliphatic carbocycles. The van der Waals surface area contributed by atoms with E-state index in [1.165, 1.54) is 6.92 Å². The molecule has 9 heteroatoms. The number of hydrogen-bond donors (Lipinski definition) is 2. The topological polar surface area (TPSA) is 99.9 Å². The largest absolute Gasteiger partial charge is 0.366 e. The van der Waals surface area contributed by atoms with Crippen molar-refractivity contribution >= 4 is 36.1 Å². The predicted octanol–water partition coefficient (Wildman–Crippen LogP) is 2.14. The summed E-state index contributed by atoms with van der Waals surface area (Å²) in [6.07, 6.45) is 1.77. The van der Waals surface area contributed by atoms with Crippen LogP contribution in [0.4, 0.5) is 5.82 Å². The van der Waals surface area contributed by atoms with Gasteiger partial charge in [-0.2, -0.15) is 5.10 Å². The molecule has 1 heterocycles. The summed E-state index contributed by atoms with van der Waals surface area (Å²) in [4.78, 5) is 16.1. The summed E-state index contributed by atoms with van der Waals surface area (Å²) < 4.78 is 1.74. The summed E-state index contributed by atoms with van der Waals surface area (Å²) >= 11 is 5.89. The molecule has 8 nitrogen and oxygen atoms in total. The average Bonchev–Trinajstić information content (AvgIpc) is 2.96. The summed E-state index contributed by atoms with van der Waals surface area (Å²) in [5, 5.41) is 13.8. The molecule has 1 aromatic carbocycles. The van der Waals surface area contributed by atoms with Crippen LogP contribution in [0.2, 0.25) is 5.02 Å². The van der Waals surface area contributed by atoms with Gasteiger partial charge in [0.25, 0.3) is 0 Å². The van der Waals surface area contributed by atoms with Gasteiger partial charge in [-0.1, -0.05) is 16.8 Å². The van der Waals surface area contributed by atoms with Gasteiger partial charge in [0.1, 0.15) is 0 Å². The van der Waals surface area contributed by atoms with Gasteiger partial charge in [0.15, 0.2) is 5.82 Å². The number of nitrogens with two attached hydrogens (primary N) is 1. The lowest BCUT2D eigenvalue weighted by Gasteiger charge is -2.29. The highest BCUT2D eigenvalue weighted by Gasteiger charge is 2.23. The van der Waals surface area contributed by atoms with Crippen LogP contribution < -0.4 is 10.9 Å². The van der Waals surface area contributed by atoms with Crippen LogP contribution in [0.1, 0.15) is 6.92 Å². The minimum absolute atomic E-state index is 0.457. The third kappa shape index (κ3) is 3.61. The molecule has 2 aromatic rings. The molecule has 0 aliphatic heterocycles. The van der Waals surface area contributed by atoms with E-state index < -0.39 is 11.9 Å². The van der Waals surface area contributed by atoms with Crippen molar-refractivity contribution in [1.82, 2.24) is 9.74 Å². The highest BCUT2D eigenvalue weighted by molar-refractivity contribution is 6.30. The Labute approximate surface area is 137 Å². The van der Waals surface area contributed by atoms with E-state index in [4.69, 9.17) is 27.6 Å². The van der Waals surface area contributed by atoms with Crippen LogP contribution in [0.3, 0.4) is 0 Å². The van der Waals surface area contributed by atoms with Crippen molar-refractivity contribution in [3.63, 3.8) is 0 Å². The number of rotatable bonds is 4. The number of guanidine groups is 1. The predicted molar refractivity (Wildman–Crippen MR) is 88.3 cm³/mol. The first-order valence-corrected chi connectivity index (χ1v) is 6.84. The molecular weight excluding hydrogens is 320 g/mol. The molecule has 0 bridgehead atoms. The smallest absolute Gasteiger partial charge is 0.332 e. The number of hydrazine groups is 1. The van der Waals surface area contributed by atoms with Gasteiger partial charge in [0.05, 0.1) is 0 Å². The van der Waals surface area contributed by atoms with E-state index in [1.54, 1.807) is 47.2 Å². The monoisotopic (exact) mass is 334 g/mol. The molecular formula is C14H15ClN6O2. The second-order valence-corrected chi connectivity index (χ2v) is 4.82. The van der Waals surface area contributed by atoms with E-state index in [9.17, 15) is 4.79 Å². The van der Waals surface area contributed by atoms with E-state index in [-0.39, 0.29) is 0 Å². The molecule has 120 valence electrons. The van der Waals surface area contributed by atoms with E-state index >= 15 is 0 Å². The second-order valence-electron chi connectivity index (χ2n) is 4.38. The molecule has 1 aromatic heterocycles. The Kier molecular flexibility index (Phi) is 4.87. The Bertz CT molecular complexity index is 727. The zero-order valence-electron chi connectivity index (χ0n) is 12.3. The lowest BCUT2D eigenvalue weighted by atomic mass is 10.3. The van der Waals surface area contributed by atoms with Crippen LogP contribution in [0, 0.1) is 5.41 Å². The van der Waals surface area contributed by atoms with Crippen molar-refractivity contribution in [2.75, 3.05) is 5.12 Å². The summed E-state index contributed by atoms with van der Waals surface area (Å²) in [6, 6.07) is 10.5. The number of nitrogens with one attached hydrogen (secondary N) is 1. The molecule has 0 atom stereocenters. The lowest BCUT2D eigenvalue weighted by Crippen LogP contribution is -2.48. The number of benzene rings is 1. The number of nitrogens with zero attached hydrogens (tertiary/aromatic N) is 4. The van der Waals surface area contributed by atoms with Crippen molar-refractivity contribution in [2.24, 2.45) is 10.8 Å². The second kappa shape index (κ2) is 6.84. The van der Waals surface area contributed by atoms with Gasteiger partial charge in [-0.3, -0.25) is 5.41 Å². The minimum Gasteiger partial charge on any atom is -0.366 e. The average molecular weight is 335 g/mol. The molecule has 0 fully saturated rings.